The number of fused-ring (bicyclic) bond motifs is 1. The van der Waals surface area contributed by atoms with Gasteiger partial charge in [-0.05, 0) is 49.8 Å². The predicted molar refractivity (Wildman–Crippen MR) is 131 cm³/mol. The maximum atomic E-state index is 12.6. The van der Waals surface area contributed by atoms with Crippen LogP contribution in [0.15, 0.2) is 40.2 Å². The summed E-state index contributed by atoms with van der Waals surface area (Å²) in [5.41, 5.74) is 1.36. The van der Waals surface area contributed by atoms with Gasteiger partial charge in [-0.2, -0.15) is 0 Å². The lowest BCUT2D eigenvalue weighted by atomic mass is 9.84. The van der Waals surface area contributed by atoms with Crippen LogP contribution in [-0.4, -0.2) is 48.0 Å². The highest BCUT2D eigenvalue weighted by atomic mass is 16.7. The van der Waals surface area contributed by atoms with Crippen molar-refractivity contribution in [2.24, 2.45) is 14.1 Å². The minimum atomic E-state index is -0.544. The Hall–Kier alpha value is -2.91. The highest BCUT2D eigenvalue weighted by molar-refractivity contribution is 5.69. The molecule has 0 spiro atoms. The Morgan fingerprint density at radius 1 is 1.18 bits per heavy atom. The van der Waals surface area contributed by atoms with Crippen LogP contribution in [0.2, 0.25) is 0 Å². The summed E-state index contributed by atoms with van der Waals surface area (Å²) in [5.74, 6) is 1.37. The van der Waals surface area contributed by atoms with E-state index < -0.39 is 11.8 Å². The predicted octanol–water partition coefficient (Wildman–Crippen LogP) is 2.55. The number of aromatic nitrogens is 4. The van der Waals surface area contributed by atoms with Gasteiger partial charge in [0, 0.05) is 27.2 Å². The van der Waals surface area contributed by atoms with Gasteiger partial charge in [-0.25, -0.2) is 9.78 Å². The van der Waals surface area contributed by atoms with Crippen LogP contribution < -0.4 is 16.1 Å². The lowest BCUT2D eigenvalue weighted by Gasteiger charge is -2.25. The molecule has 1 saturated carbocycles. The first kappa shape index (κ1) is 24.2. The van der Waals surface area contributed by atoms with E-state index in [1.807, 2.05) is 12.1 Å². The Kier molecular flexibility index (Phi) is 7.53. The number of imidazole rings is 1. The average molecular weight is 470 g/mol. The summed E-state index contributed by atoms with van der Waals surface area (Å²) < 4.78 is 4.26. The topological polar surface area (TPSA) is 94.5 Å². The molecule has 2 aromatic heterocycles. The Morgan fingerprint density at radius 3 is 2.68 bits per heavy atom. The van der Waals surface area contributed by atoms with Crippen molar-refractivity contribution in [2.45, 2.75) is 64.0 Å². The Bertz CT molecular complexity index is 1240. The fourth-order valence-electron chi connectivity index (χ4n) is 4.86. The Balaban J connectivity index is 1.45. The Morgan fingerprint density at radius 2 is 1.94 bits per heavy atom. The van der Waals surface area contributed by atoms with Crippen LogP contribution in [0.4, 0.5) is 0 Å². The van der Waals surface area contributed by atoms with Gasteiger partial charge in [-0.3, -0.25) is 13.9 Å². The van der Waals surface area contributed by atoms with E-state index in [1.54, 1.807) is 29.9 Å². The van der Waals surface area contributed by atoms with Crippen molar-refractivity contribution in [1.82, 2.24) is 23.7 Å². The van der Waals surface area contributed by atoms with E-state index in [1.165, 1.54) is 49.3 Å². The van der Waals surface area contributed by atoms with Crippen LogP contribution >= 0.6 is 0 Å². The molecule has 1 N–H and O–H groups in total. The van der Waals surface area contributed by atoms with E-state index in [-0.39, 0.29) is 5.56 Å². The summed E-state index contributed by atoms with van der Waals surface area (Å²) in [5, 5.41) is 11.8. The summed E-state index contributed by atoms with van der Waals surface area (Å²) >= 11 is 0. The van der Waals surface area contributed by atoms with Crippen molar-refractivity contribution < 1.29 is 9.94 Å². The summed E-state index contributed by atoms with van der Waals surface area (Å²) in [7, 11) is 3.09. The van der Waals surface area contributed by atoms with Crippen molar-refractivity contribution in [1.29, 1.82) is 0 Å². The zero-order valence-corrected chi connectivity index (χ0v) is 20.3. The van der Waals surface area contributed by atoms with Gasteiger partial charge in [0.05, 0.1) is 19.0 Å². The molecule has 1 unspecified atom stereocenters. The minimum absolute atomic E-state index is 0.354. The molecule has 9 nitrogen and oxygen atoms in total. The van der Waals surface area contributed by atoms with E-state index in [9.17, 15) is 14.7 Å². The largest absolute Gasteiger partial charge is 0.406 e. The van der Waals surface area contributed by atoms with E-state index in [4.69, 9.17) is 4.84 Å². The molecule has 1 aliphatic carbocycles. The molecule has 1 fully saturated rings. The zero-order chi connectivity index (χ0) is 24.2. The van der Waals surface area contributed by atoms with E-state index in [0.717, 1.165) is 10.3 Å². The molecule has 0 aliphatic heterocycles. The Labute approximate surface area is 199 Å². The van der Waals surface area contributed by atoms with Gasteiger partial charge in [-0.1, -0.05) is 31.4 Å². The van der Waals surface area contributed by atoms with Crippen molar-refractivity contribution >= 4 is 11.2 Å². The molecule has 184 valence electrons. The third-order valence-electron chi connectivity index (χ3n) is 6.66. The van der Waals surface area contributed by atoms with Crippen LogP contribution in [0.3, 0.4) is 0 Å². The molecule has 34 heavy (non-hydrogen) atoms. The first-order valence-electron chi connectivity index (χ1n) is 12.2. The lowest BCUT2D eigenvalue weighted by molar-refractivity contribution is -0.0826. The average Bonchev–Trinajstić information content (AvgIpc) is 3.26. The van der Waals surface area contributed by atoms with Gasteiger partial charge < -0.3 is 14.5 Å². The number of aliphatic hydroxyl groups excluding tert-OH is 1. The summed E-state index contributed by atoms with van der Waals surface area (Å²) in [6, 6.07) is 8.30. The standard InChI is InChI=1S/C25H35N5O4/c1-18(31)16-30(34-21-12-7-11-20(15-21)19-9-5-4-6-10-19)14-8-13-29-17-26-23-22(29)24(32)28(3)25(33)27(23)2/h7,11-12,15,17-19,31H,4-6,8-10,13-14,16H2,1-3H3. The first-order chi connectivity index (χ1) is 16.3. The molecule has 9 heteroatoms. The van der Waals surface area contributed by atoms with Gasteiger partial charge >= 0.3 is 5.69 Å². The fraction of sp³-hybridized carbons (Fsp3) is 0.560. The van der Waals surface area contributed by atoms with Crippen LogP contribution in [0.1, 0.15) is 56.9 Å². The van der Waals surface area contributed by atoms with Crippen molar-refractivity contribution in [3.8, 4) is 5.75 Å². The summed E-state index contributed by atoms with van der Waals surface area (Å²) in [4.78, 5) is 35.3. The maximum Gasteiger partial charge on any atom is 0.332 e. The second kappa shape index (κ2) is 10.6. The second-order valence-corrected chi connectivity index (χ2v) is 9.41. The highest BCUT2D eigenvalue weighted by Gasteiger charge is 2.18. The van der Waals surface area contributed by atoms with E-state index >= 15 is 0 Å². The molecule has 1 atom stereocenters. The lowest BCUT2D eigenvalue weighted by Crippen LogP contribution is -2.37. The molecule has 2 heterocycles. The number of nitrogens with zero attached hydrogens (tertiary/aromatic N) is 5. The monoisotopic (exact) mass is 469 g/mol. The molecule has 1 aromatic carbocycles. The molecule has 0 bridgehead atoms. The quantitative estimate of drug-likeness (QED) is 0.484. The number of aliphatic hydroxyl groups is 1. The number of aryl methyl sites for hydroxylation is 2. The molecule has 0 amide bonds. The number of benzene rings is 1. The van der Waals surface area contributed by atoms with Crippen LogP contribution in [0.25, 0.3) is 11.2 Å². The van der Waals surface area contributed by atoms with Gasteiger partial charge in [-0.15, -0.1) is 5.06 Å². The van der Waals surface area contributed by atoms with Crippen molar-refractivity contribution in [3.63, 3.8) is 0 Å². The fourth-order valence-corrected chi connectivity index (χ4v) is 4.86. The van der Waals surface area contributed by atoms with Gasteiger partial charge in [0.2, 0.25) is 0 Å². The molecule has 0 radical (unpaired) electrons. The number of hydrogen-bond acceptors (Lipinski definition) is 6. The molecule has 0 saturated heterocycles. The number of rotatable bonds is 9. The molecular formula is C25H35N5O4. The van der Waals surface area contributed by atoms with Crippen molar-refractivity contribution in [2.75, 3.05) is 13.1 Å². The summed E-state index contributed by atoms with van der Waals surface area (Å²) in [6.45, 7) is 3.20. The smallest absolute Gasteiger partial charge is 0.332 e. The number of hydroxylamine groups is 2. The van der Waals surface area contributed by atoms with Gasteiger partial charge in [0.15, 0.2) is 11.2 Å². The van der Waals surface area contributed by atoms with Crippen LogP contribution in [-0.2, 0) is 20.6 Å². The second-order valence-electron chi connectivity index (χ2n) is 9.41. The van der Waals surface area contributed by atoms with Crippen LogP contribution in [0, 0.1) is 0 Å². The van der Waals surface area contributed by atoms with Gasteiger partial charge in [0.25, 0.3) is 5.56 Å². The molecule has 3 aromatic rings. The highest BCUT2D eigenvalue weighted by Crippen LogP contribution is 2.34. The molecular weight excluding hydrogens is 434 g/mol. The van der Waals surface area contributed by atoms with E-state index in [2.05, 4.69) is 17.1 Å². The number of hydrogen-bond donors (Lipinski definition) is 1. The molecule has 4 rings (SSSR count). The minimum Gasteiger partial charge on any atom is -0.406 e. The third-order valence-corrected chi connectivity index (χ3v) is 6.66. The van der Waals surface area contributed by atoms with E-state index in [0.29, 0.717) is 43.1 Å². The SMILES string of the molecule is CC(O)CN(CCCn1cnc2c1c(=O)n(C)c(=O)n2C)Oc1cccc(C2CCCCC2)c1. The van der Waals surface area contributed by atoms with Crippen molar-refractivity contribution in [3.05, 3.63) is 57.0 Å². The molecule has 1 aliphatic rings. The summed E-state index contributed by atoms with van der Waals surface area (Å²) in [6.07, 6.45) is 8.07. The maximum absolute atomic E-state index is 12.6. The third kappa shape index (κ3) is 5.26. The first-order valence-corrected chi connectivity index (χ1v) is 12.2. The van der Waals surface area contributed by atoms with Crippen LogP contribution in [0.5, 0.6) is 5.75 Å². The van der Waals surface area contributed by atoms with Gasteiger partial charge in [0.1, 0.15) is 5.75 Å². The zero-order valence-electron chi connectivity index (χ0n) is 20.3. The normalized spacial score (nSPS) is 15.8.